The third-order valence-corrected chi connectivity index (χ3v) is 5.68. The fourth-order valence-corrected chi connectivity index (χ4v) is 4.20. The molecule has 0 bridgehead atoms. The fraction of sp³-hybridized carbons (Fsp3) is 0.500. The summed E-state index contributed by atoms with van der Waals surface area (Å²) < 4.78 is 1.83. The Hall–Kier alpha value is -2.70. The van der Waals surface area contributed by atoms with Crippen LogP contribution in [0, 0.1) is 12.8 Å². The van der Waals surface area contributed by atoms with Crippen molar-refractivity contribution in [3.8, 4) is 0 Å². The number of hydrogen-bond acceptors (Lipinski definition) is 4. The maximum Gasteiger partial charge on any atom is 0.227 e. The van der Waals surface area contributed by atoms with Gasteiger partial charge < -0.3 is 10.6 Å². The average molecular weight is 367 g/mol. The number of nitrogens with one attached hydrogen (secondary N) is 2. The highest BCUT2D eigenvalue weighted by molar-refractivity contribution is 5.98. The van der Waals surface area contributed by atoms with Crippen molar-refractivity contribution in [2.24, 2.45) is 5.92 Å². The number of fused-ring (bicyclic) bond motifs is 1. The molecule has 2 aliphatic rings. The van der Waals surface area contributed by atoms with Gasteiger partial charge in [-0.1, -0.05) is 18.9 Å². The molecule has 4 rings (SSSR count). The Morgan fingerprint density at radius 2 is 2.11 bits per heavy atom. The lowest BCUT2D eigenvalue weighted by Gasteiger charge is -2.27. The Morgan fingerprint density at radius 1 is 1.33 bits per heavy atom. The number of benzene rings is 1. The van der Waals surface area contributed by atoms with E-state index in [0.717, 1.165) is 54.0 Å². The molecule has 2 N–H and O–H groups in total. The van der Waals surface area contributed by atoms with Gasteiger partial charge in [0.2, 0.25) is 11.8 Å². The van der Waals surface area contributed by atoms with Crippen LogP contribution >= 0.6 is 0 Å². The van der Waals surface area contributed by atoms with Crippen molar-refractivity contribution in [1.82, 2.24) is 14.8 Å². The van der Waals surface area contributed by atoms with Gasteiger partial charge in [0.15, 0.2) is 0 Å². The minimum absolute atomic E-state index is 0.0462. The molecule has 0 spiro atoms. The maximum absolute atomic E-state index is 12.5. The van der Waals surface area contributed by atoms with Gasteiger partial charge in [0.05, 0.1) is 5.92 Å². The van der Waals surface area contributed by atoms with Crippen LogP contribution in [0.15, 0.2) is 18.5 Å². The summed E-state index contributed by atoms with van der Waals surface area (Å²) >= 11 is 0. The van der Waals surface area contributed by atoms with Gasteiger partial charge in [-0.15, -0.1) is 0 Å². The number of rotatable bonds is 4. The van der Waals surface area contributed by atoms with Gasteiger partial charge >= 0.3 is 0 Å². The average Bonchev–Trinajstić information content (AvgIpc) is 3.33. The first-order valence-electron chi connectivity index (χ1n) is 9.69. The van der Waals surface area contributed by atoms with Crippen LogP contribution in [-0.2, 0) is 16.1 Å². The summed E-state index contributed by atoms with van der Waals surface area (Å²) in [6, 6.07) is 3.94. The van der Waals surface area contributed by atoms with Crippen molar-refractivity contribution in [2.75, 3.05) is 10.6 Å². The molecule has 142 valence electrons. The number of carbonyl (C=O) groups is 2. The Labute approximate surface area is 158 Å². The molecule has 0 radical (unpaired) electrons. The molecule has 7 heteroatoms. The van der Waals surface area contributed by atoms with Gasteiger partial charge in [-0.05, 0) is 43.9 Å². The Balaban J connectivity index is 1.67. The predicted molar refractivity (Wildman–Crippen MR) is 103 cm³/mol. The number of amides is 2. The normalized spacial score (nSPS) is 19.6. The molecule has 2 aromatic rings. The lowest BCUT2D eigenvalue weighted by atomic mass is 9.88. The van der Waals surface area contributed by atoms with E-state index in [0.29, 0.717) is 13.0 Å². The van der Waals surface area contributed by atoms with Crippen LogP contribution in [0.2, 0.25) is 0 Å². The Morgan fingerprint density at radius 3 is 2.85 bits per heavy atom. The summed E-state index contributed by atoms with van der Waals surface area (Å²) in [5, 5.41) is 10.3. The van der Waals surface area contributed by atoms with Crippen LogP contribution in [0.1, 0.15) is 61.9 Å². The highest BCUT2D eigenvalue weighted by Crippen LogP contribution is 2.39. The molecule has 1 saturated carbocycles. The summed E-state index contributed by atoms with van der Waals surface area (Å²) in [5.74, 6) is 0.811. The summed E-state index contributed by atoms with van der Waals surface area (Å²) in [6.45, 7) is 4.70. The molecule has 1 atom stereocenters. The monoisotopic (exact) mass is 367 g/mol. The molecule has 0 unspecified atom stereocenters. The standard InChI is InChI=1S/C20H25N5O2/c1-3-25-19(21-11-22-25)15-9-18(26)23-17-10-16(12(2)8-14(15)17)24-20(27)13-6-4-5-7-13/h8,10-11,13,15H,3-7,9H2,1-2H3,(H,23,26)(H,24,27)/t15-/m1/s1. The number of aromatic nitrogens is 3. The fourth-order valence-electron chi connectivity index (χ4n) is 4.20. The molecule has 1 fully saturated rings. The largest absolute Gasteiger partial charge is 0.326 e. The van der Waals surface area contributed by atoms with Gasteiger partial charge in [-0.3, -0.25) is 9.59 Å². The topological polar surface area (TPSA) is 88.9 Å². The van der Waals surface area contributed by atoms with E-state index in [4.69, 9.17) is 0 Å². The van der Waals surface area contributed by atoms with Crippen LogP contribution in [0.25, 0.3) is 0 Å². The minimum Gasteiger partial charge on any atom is -0.326 e. The smallest absolute Gasteiger partial charge is 0.227 e. The minimum atomic E-state index is -0.130. The maximum atomic E-state index is 12.5. The first kappa shape index (κ1) is 17.7. The second kappa shape index (κ2) is 7.13. The van der Waals surface area contributed by atoms with Crippen molar-refractivity contribution >= 4 is 23.2 Å². The van der Waals surface area contributed by atoms with Crippen LogP contribution in [0.3, 0.4) is 0 Å². The van der Waals surface area contributed by atoms with Crippen LogP contribution in [0.4, 0.5) is 11.4 Å². The second-order valence-corrected chi connectivity index (χ2v) is 7.46. The van der Waals surface area contributed by atoms with Gasteiger partial charge in [0.25, 0.3) is 0 Å². The van der Waals surface area contributed by atoms with Crippen molar-refractivity contribution < 1.29 is 9.59 Å². The van der Waals surface area contributed by atoms with Gasteiger partial charge in [0, 0.05) is 30.3 Å². The molecule has 1 aromatic carbocycles. The van der Waals surface area contributed by atoms with E-state index in [1.165, 1.54) is 6.33 Å². The van der Waals surface area contributed by atoms with Gasteiger partial charge in [-0.25, -0.2) is 9.67 Å². The first-order chi connectivity index (χ1) is 13.1. The van der Waals surface area contributed by atoms with E-state index >= 15 is 0 Å². The van der Waals surface area contributed by atoms with Crippen LogP contribution in [0.5, 0.6) is 0 Å². The number of hydrogen-bond donors (Lipinski definition) is 2. The van der Waals surface area contributed by atoms with E-state index in [9.17, 15) is 9.59 Å². The van der Waals surface area contributed by atoms with E-state index < -0.39 is 0 Å². The van der Waals surface area contributed by atoms with Crippen molar-refractivity contribution in [1.29, 1.82) is 0 Å². The molecule has 27 heavy (non-hydrogen) atoms. The molecular formula is C20H25N5O2. The van der Waals surface area contributed by atoms with Crippen LogP contribution in [-0.4, -0.2) is 26.6 Å². The lowest BCUT2D eigenvalue weighted by molar-refractivity contribution is -0.119. The van der Waals surface area contributed by atoms with Crippen molar-refractivity contribution in [3.05, 3.63) is 35.4 Å². The number of aryl methyl sites for hydroxylation is 2. The van der Waals surface area contributed by atoms with Gasteiger partial charge in [0.1, 0.15) is 12.2 Å². The SMILES string of the molecule is CCn1ncnc1[C@@H]1CC(=O)Nc2cc(NC(=O)C3CCCC3)c(C)cc21. The van der Waals surface area contributed by atoms with E-state index in [-0.39, 0.29) is 23.7 Å². The zero-order chi connectivity index (χ0) is 19.0. The summed E-state index contributed by atoms with van der Waals surface area (Å²) in [4.78, 5) is 29.2. The number of anilines is 2. The number of nitrogens with zero attached hydrogens (tertiary/aromatic N) is 3. The van der Waals surface area contributed by atoms with Gasteiger partial charge in [-0.2, -0.15) is 5.10 Å². The molecule has 2 heterocycles. The van der Waals surface area contributed by atoms with E-state index in [1.54, 1.807) is 0 Å². The second-order valence-electron chi connectivity index (χ2n) is 7.46. The lowest BCUT2D eigenvalue weighted by Crippen LogP contribution is -2.26. The summed E-state index contributed by atoms with van der Waals surface area (Å²) in [7, 11) is 0. The molecule has 0 saturated heterocycles. The third-order valence-electron chi connectivity index (χ3n) is 5.68. The Kier molecular flexibility index (Phi) is 4.68. The zero-order valence-electron chi connectivity index (χ0n) is 15.8. The molecule has 7 nitrogen and oxygen atoms in total. The molecular weight excluding hydrogens is 342 g/mol. The van der Waals surface area contributed by atoms with Crippen molar-refractivity contribution in [3.63, 3.8) is 0 Å². The number of carbonyl (C=O) groups excluding carboxylic acids is 2. The van der Waals surface area contributed by atoms with Crippen molar-refractivity contribution in [2.45, 2.75) is 58.4 Å². The Bertz CT molecular complexity index is 882. The van der Waals surface area contributed by atoms with Crippen LogP contribution < -0.4 is 10.6 Å². The summed E-state index contributed by atoms with van der Waals surface area (Å²) in [5.41, 5.74) is 3.52. The highest BCUT2D eigenvalue weighted by Gasteiger charge is 2.31. The van der Waals surface area contributed by atoms with E-state index in [1.807, 2.05) is 24.6 Å². The molecule has 1 aliphatic heterocycles. The molecule has 2 amide bonds. The van der Waals surface area contributed by atoms with E-state index in [2.05, 4.69) is 26.8 Å². The third kappa shape index (κ3) is 3.34. The predicted octanol–water partition coefficient (Wildman–Crippen LogP) is 3.21. The summed E-state index contributed by atoms with van der Waals surface area (Å²) in [6.07, 6.45) is 6.05. The highest BCUT2D eigenvalue weighted by atomic mass is 16.2. The molecule has 1 aliphatic carbocycles. The first-order valence-corrected chi connectivity index (χ1v) is 9.69. The molecule has 1 aromatic heterocycles. The zero-order valence-corrected chi connectivity index (χ0v) is 15.8. The quantitative estimate of drug-likeness (QED) is 0.868.